The van der Waals surface area contributed by atoms with Crippen molar-refractivity contribution in [2.45, 2.75) is 38.1 Å². The smallest absolute Gasteiger partial charge is 0.320 e. The Labute approximate surface area is 139 Å². The molecule has 6 nitrogen and oxygen atoms in total. The number of carbonyl (C=O) groups is 1. The van der Waals surface area contributed by atoms with Crippen molar-refractivity contribution in [3.63, 3.8) is 0 Å². The van der Waals surface area contributed by atoms with Crippen LogP contribution in [0.15, 0.2) is 12.4 Å². The topological polar surface area (TPSA) is 44.6 Å². The highest BCUT2D eigenvalue weighted by atomic mass is 16.2. The number of piperidine rings is 1. The van der Waals surface area contributed by atoms with Gasteiger partial charge >= 0.3 is 6.03 Å². The van der Waals surface area contributed by atoms with Crippen LogP contribution in [-0.4, -0.2) is 76.1 Å². The Morgan fingerprint density at radius 2 is 1.96 bits per heavy atom. The molecule has 23 heavy (non-hydrogen) atoms. The summed E-state index contributed by atoms with van der Waals surface area (Å²) in [6.07, 6.45) is 9.30. The summed E-state index contributed by atoms with van der Waals surface area (Å²) in [6.45, 7) is 4.60. The largest absolute Gasteiger partial charge is 0.338 e. The van der Waals surface area contributed by atoms with Crippen molar-refractivity contribution < 1.29 is 4.79 Å². The van der Waals surface area contributed by atoms with Crippen LogP contribution in [0.3, 0.4) is 0 Å². The lowest BCUT2D eigenvalue weighted by molar-refractivity contribution is 0.0926. The second-order valence-electron chi connectivity index (χ2n) is 6.91. The minimum absolute atomic E-state index is 0.252. The van der Waals surface area contributed by atoms with Crippen molar-refractivity contribution >= 4 is 6.03 Å². The Hall–Kier alpha value is -1.56. The molecule has 2 amide bonds. The van der Waals surface area contributed by atoms with E-state index in [-0.39, 0.29) is 6.03 Å². The summed E-state index contributed by atoms with van der Waals surface area (Å²) in [7, 11) is 4.16. The maximum absolute atomic E-state index is 12.9. The van der Waals surface area contributed by atoms with Crippen LogP contribution in [0.25, 0.3) is 0 Å². The molecular weight excluding hydrogens is 290 g/mol. The molecule has 0 bridgehead atoms. The number of aromatic nitrogens is 2. The minimum atomic E-state index is 0.252. The van der Waals surface area contributed by atoms with Gasteiger partial charge in [-0.2, -0.15) is 0 Å². The number of likely N-dealkylation sites (tertiary alicyclic amines) is 1. The van der Waals surface area contributed by atoms with E-state index in [4.69, 9.17) is 0 Å². The molecule has 0 unspecified atom stereocenters. The van der Waals surface area contributed by atoms with Gasteiger partial charge in [-0.25, -0.2) is 9.78 Å². The molecule has 0 N–H and O–H groups in total. The predicted octanol–water partition coefficient (Wildman–Crippen LogP) is 1.57. The Balaban J connectivity index is 1.59. The van der Waals surface area contributed by atoms with Crippen LogP contribution >= 0.6 is 0 Å². The molecule has 3 heterocycles. The van der Waals surface area contributed by atoms with Crippen molar-refractivity contribution in [3.05, 3.63) is 18.2 Å². The van der Waals surface area contributed by atoms with Gasteiger partial charge in [0.25, 0.3) is 0 Å². The SMILES string of the molecule is CN1CCN(C(=O)N2CCCC[C@H]2CCc2nccn2C)CC1. The molecule has 128 valence electrons. The first-order valence-corrected chi connectivity index (χ1v) is 8.85. The van der Waals surface area contributed by atoms with E-state index in [1.54, 1.807) is 0 Å². The first-order valence-electron chi connectivity index (χ1n) is 8.85. The van der Waals surface area contributed by atoms with Gasteiger partial charge in [0.15, 0.2) is 0 Å². The maximum Gasteiger partial charge on any atom is 0.320 e. The van der Waals surface area contributed by atoms with Crippen molar-refractivity contribution in [1.29, 1.82) is 0 Å². The highest BCUT2D eigenvalue weighted by Crippen LogP contribution is 2.23. The average molecular weight is 319 g/mol. The molecule has 0 saturated carbocycles. The number of amides is 2. The Morgan fingerprint density at radius 1 is 1.17 bits per heavy atom. The van der Waals surface area contributed by atoms with Crippen molar-refractivity contribution in [2.75, 3.05) is 39.8 Å². The lowest BCUT2D eigenvalue weighted by Gasteiger charge is -2.41. The molecule has 2 fully saturated rings. The molecule has 1 atom stereocenters. The highest BCUT2D eigenvalue weighted by molar-refractivity contribution is 5.75. The van der Waals surface area contributed by atoms with Gasteiger partial charge in [0.1, 0.15) is 5.82 Å². The fourth-order valence-electron chi connectivity index (χ4n) is 3.67. The molecule has 1 aromatic rings. The van der Waals surface area contributed by atoms with E-state index in [1.807, 2.05) is 24.3 Å². The number of aryl methyl sites for hydroxylation is 2. The number of piperazine rings is 1. The zero-order chi connectivity index (χ0) is 16.2. The maximum atomic E-state index is 12.9. The zero-order valence-electron chi connectivity index (χ0n) is 14.4. The van der Waals surface area contributed by atoms with Crippen molar-refractivity contribution in [2.24, 2.45) is 7.05 Å². The third kappa shape index (κ3) is 3.86. The normalized spacial score (nSPS) is 23.3. The monoisotopic (exact) mass is 319 g/mol. The number of nitrogens with zero attached hydrogens (tertiary/aromatic N) is 5. The average Bonchev–Trinajstić information content (AvgIpc) is 2.98. The van der Waals surface area contributed by atoms with Crippen LogP contribution < -0.4 is 0 Å². The summed E-state index contributed by atoms with van der Waals surface area (Å²) < 4.78 is 2.08. The predicted molar refractivity (Wildman–Crippen MR) is 90.3 cm³/mol. The van der Waals surface area contributed by atoms with E-state index >= 15 is 0 Å². The van der Waals surface area contributed by atoms with Gasteiger partial charge in [-0.3, -0.25) is 0 Å². The van der Waals surface area contributed by atoms with Crippen LogP contribution in [0.1, 0.15) is 31.5 Å². The Morgan fingerprint density at radius 3 is 2.65 bits per heavy atom. The van der Waals surface area contributed by atoms with E-state index in [0.717, 1.165) is 64.2 Å². The quantitative estimate of drug-likeness (QED) is 0.849. The fraction of sp³-hybridized carbons (Fsp3) is 0.765. The number of carbonyl (C=O) groups excluding carboxylic acids is 1. The number of imidazole rings is 1. The second-order valence-corrected chi connectivity index (χ2v) is 6.91. The van der Waals surface area contributed by atoms with Crippen LogP contribution in [0.4, 0.5) is 4.79 Å². The summed E-state index contributed by atoms with van der Waals surface area (Å²) in [5, 5.41) is 0. The van der Waals surface area contributed by atoms with E-state index in [2.05, 4.69) is 26.4 Å². The standard InChI is InChI=1S/C17H29N5O/c1-19-11-13-21(14-12-19)17(23)22-9-4-3-5-15(22)6-7-16-18-8-10-20(16)2/h8,10,15H,3-7,9,11-14H2,1-2H3/t15-/m0/s1. The van der Waals surface area contributed by atoms with E-state index in [1.165, 1.54) is 6.42 Å². The minimum Gasteiger partial charge on any atom is -0.338 e. The Bertz CT molecular complexity index is 521. The number of rotatable bonds is 3. The first kappa shape index (κ1) is 16.3. The molecule has 0 aliphatic carbocycles. The van der Waals surface area contributed by atoms with Gasteiger partial charge in [-0.05, 0) is 32.7 Å². The van der Waals surface area contributed by atoms with Crippen LogP contribution in [-0.2, 0) is 13.5 Å². The third-order valence-electron chi connectivity index (χ3n) is 5.27. The van der Waals surface area contributed by atoms with Gasteiger partial charge in [0, 0.05) is 64.6 Å². The molecular formula is C17H29N5O. The van der Waals surface area contributed by atoms with Crippen molar-refractivity contribution in [1.82, 2.24) is 24.3 Å². The molecule has 6 heteroatoms. The van der Waals surface area contributed by atoms with E-state index < -0.39 is 0 Å². The fourth-order valence-corrected chi connectivity index (χ4v) is 3.67. The zero-order valence-corrected chi connectivity index (χ0v) is 14.4. The number of likely N-dealkylation sites (N-methyl/N-ethyl adjacent to an activating group) is 1. The van der Waals surface area contributed by atoms with Crippen LogP contribution in [0, 0.1) is 0 Å². The van der Waals surface area contributed by atoms with Crippen molar-refractivity contribution in [3.8, 4) is 0 Å². The highest BCUT2D eigenvalue weighted by Gasteiger charge is 2.31. The van der Waals surface area contributed by atoms with Gasteiger partial charge in [0.05, 0.1) is 0 Å². The molecule has 2 aliphatic heterocycles. The summed E-state index contributed by atoms with van der Waals surface area (Å²) in [4.78, 5) is 23.8. The second kappa shape index (κ2) is 7.34. The number of hydrogen-bond acceptors (Lipinski definition) is 3. The van der Waals surface area contributed by atoms with Gasteiger partial charge in [-0.1, -0.05) is 0 Å². The molecule has 0 radical (unpaired) electrons. The lowest BCUT2D eigenvalue weighted by atomic mass is 9.98. The van der Waals surface area contributed by atoms with Gasteiger partial charge in [-0.15, -0.1) is 0 Å². The molecule has 2 aliphatic rings. The molecule has 1 aromatic heterocycles. The Kier molecular flexibility index (Phi) is 5.20. The summed E-state index contributed by atoms with van der Waals surface area (Å²) in [6, 6.07) is 0.621. The summed E-state index contributed by atoms with van der Waals surface area (Å²) >= 11 is 0. The molecule has 0 aromatic carbocycles. The molecule has 3 rings (SSSR count). The van der Waals surface area contributed by atoms with Crippen LogP contribution in [0.2, 0.25) is 0 Å². The molecule has 0 spiro atoms. The summed E-state index contributed by atoms with van der Waals surface area (Å²) in [5.74, 6) is 1.11. The first-order chi connectivity index (χ1) is 11.1. The number of hydrogen-bond donors (Lipinski definition) is 0. The number of urea groups is 1. The van der Waals surface area contributed by atoms with E-state index in [0.29, 0.717) is 6.04 Å². The summed E-state index contributed by atoms with van der Waals surface area (Å²) in [5.41, 5.74) is 0. The van der Waals surface area contributed by atoms with Crippen LogP contribution in [0.5, 0.6) is 0 Å². The molecule has 2 saturated heterocycles. The van der Waals surface area contributed by atoms with Gasteiger partial charge < -0.3 is 19.3 Å². The van der Waals surface area contributed by atoms with E-state index in [9.17, 15) is 4.79 Å². The van der Waals surface area contributed by atoms with Gasteiger partial charge in [0.2, 0.25) is 0 Å². The lowest BCUT2D eigenvalue weighted by Crippen LogP contribution is -2.55. The third-order valence-corrected chi connectivity index (χ3v) is 5.27.